The fourth-order valence-electron chi connectivity index (χ4n) is 3.15. The number of hydrogen-bond acceptors (Lipinski definition) is 4. The van der Waals surface area contributed by atoms with Crippen LogP contribution in [-0.2, 0) is 19.6 Å². The minimum atomic E-state index is -3.78. The SMILES string of the molecule is Cc1ccc(S(=O)(=O)N2[C@H](C)[C@H](c3ccccc3)O[C@@H]2/C=C/C=O)cc1. The van der Waals surface area contributed by atoms with Crippen molar-refractivity contribution < 1.29 is 17.9 Å². The monoisotopic (exact) mass is 371 g/mol. The maximum Gasteiger partial charge on any atom is 0.245 e. The van der Waals surface area contributed by atoms with E-state index in [1.54, 1.807) is 24.3 Å². The highest BCUT2D eigenvalue weighted by Crippen LogP contribution is 2.39. The molecule has 0 spiro atoms. The maximum atomic E-state index is 13.2. The first kappa shape index (κ1) is 18.5. The second-order valence-electron chi connectivity index (χ2n) is 6.27. The van der Waals surface area contributed by atoms with Gasteiger partial charge in [0.15, 0.2) is 0 Å². The fourth-order valence-corrected chi connectivity index (χ4v) is 4.81. The van der Waals surface area contributed by atoms with Gasteiger partial charge in [-0.25, -0.2) is 8.42 Å². The van der Waals surface area contributed by atoms with Crippen LogP contribution < -0.4 is 0 Å². The van der Waals surface area contributed by atoms with Crippen molar-refractivity contribution in [2.75, 3.05) is 0 Å². The summed E-state index contributed by atoms with van der Waals surface area (Å²) in [5.74, 6) is 0. The summed E-state index contributed by atoms with van der Waals surface area (Å²) >= 11 is 0. The largest absolute Gasteiger partial charge is 0.349 e. The van der Waals surface area contributed by atoms with Crippen LogP contribution in [0.25, 0.3) is 0 Å². The van der Waals surface area contributed by atoms with E-state index in [1.165, 1.54) is 16.5 Å². The third-order valence-corrected chi connectivity index (χ3v) is 6.42. The van der Waals surface area contributed by atoms with Gasteiger partial charge < -0.3 is 4.74 Å². The van der Waals surface area contributed by atoms with E-state index in [0.717, 1.165) is 11.1 Å². The highest BCUT2D eigenvalue weighted by atomic mass is 32.2. The normalized spacial score (nSPS) is 24.2. The highest BCUT2D eigenvalue weighted by molar-refractivity contribution is 7.89. The van der Waals surface area contributed by atoms with Gasteiger partial charge in [-0.1, -0.05) is 48.0 Å². The minimum Gasteiger partial charge on any atom is -0.349 e. The second kappa shape index (κ2) is 7.53. The van der Waals surface area contributed by atoms with Crippen molar-refractivity contribution in [2.45, 2.75) is 37.1 Å². The lowest BCUT2D eigenvalue weighted by molar-refractivity contribution is -0.104. The molecule has 0 amide bonds. The molecule has 1 heterocycles. The van der Waals surface area contributed by atoms with Crippen molar-refractivity contribution in [3.8, 4) is 0 Å². The number of ether oxygens (including phenoxy) is 1. The Morgan fingerprint density at radius 1 is 1.04 bits per heavy atom. The number of carbonyl (C=O) groups excluding carboxylic acids is 1. The van der Waals surface area contributed by atoms with Gasteiger partial charge in [-0.3, -0.25) is 4.79 Å². The zero-order chi connectivity index (χ0) is 18.7. The van der Waals surface area contributed by atoms with Gasteiger partial charge in [0.2, 0.25) is 10.0 Å². The van der Waals surface area contributed by atoms with Crippen molar-refractivity contribution in [3.05, 3.63) is 77.9 Å². The van der Waals surface area contributed by atoms with Gasteiger partial charge in [0, 0.05) is 0 Å². The van der Waals surface area contributed by atoms with Gasteiger partial charge in [-0.2, -0.15) is 4.31 Å². The van der Waals surface area contributed by atoms with Crippen LogP contribution in [0, 0.1) is 6.92 Å². The molecule has 2 aromatic rings. The van der Waals surface area contributed by atoms with E-state index in [1.807, 2.05) is 44.2 Å². The molecule has 1 aliphatic rings. The molecule has 5 nitrogen and oxygen atoms in total. The smallest absolute Gasteiger partial charge is 0.245 e. The predicted molar refractivity (Wildman–Crippen MR) is 98.9 cm³/mol. The molecule has 0 unspecified atom stereocenters. The highest BCUT2D eigenvalue weighted by Gasteiger charge is 2.46. The number of hydrogen-bond donors (Lipinski definition) is 0. The number of aryl methyl sites for hydroxylation is 1. The Bertz CT molecular complexity index is 891. The Morgan fingerprint density at radius 3 is 2.31 bits per heavy atom. The van der Waals surface area contributed by atoms with Gasteiger partial charge in [0.1, 0.15) is 18.6 Å². The molecular formula is C20H21NO4S. The van der Waals surface area contributed by atoms with E-state index in [2.05, 4.69) is 0 Å². The number of rotatable bonds is 5. The van der Waals surface area contributed by atoms with Crippen molar-refractivity contribution in [3.63, 3.8) is 0 Å². The van der Waals surface area contributed by atoms with Gasteiger partial charge in [0.25, 0.3) is 0 Å². The molecule has 0 N–H and O–H groups in total. The van der Waals surface area contributed by atoms with Crippen molar-refractivity contribution >= 4 is 16.3 Å². The molecule has 0 bridgehead atoms. The average Bonchev–Trinajstić information content (AvgIpc) is 2.98. The Balaban J connectivity index is 2.02. The van der Waals surface area contributed by atoms with Crippen molar-refractivity contribution in [1.29, 1.82) is 0 Å². The molecule has 0 radical (unpaired) electrons. The molecule has 0 aliphatic carbocycles. The van der Waals surface area contributed by atoms with Gasteiger partial charge in [0.05, 0.1) is 10.9 Å². The van der Waals surface area contributed by atoms with Crippen LogP contribution in [0.15, 0.2) is 71.6 Å². The molecule has 0 saturated carbocycles. The summed E-state index contributed by atoms with van der Waals surface area (Å²) in [7, 11) is -3.78. The Hall–Kier alpha value is -2.28. The first-order chi connectivity index (χ1) is 12.4. The van der Waals surface area contributed by atoms with E-state index in [4.69, 9.17) is 4.74 Å². The van der Waals surface area contributed by atoms with Crippen LogP contribution in [0.3, 0.4) is 0 Å². The van der Waals surface area contributed by atoms with Crippen LogP contribution in [-0.4, -0.2) is 31.3 Å². The quantitative estimate of drug-likeness (QED) is 0.598. The Morgan fingerprint density at radius 2 is 1.69 bits per heavy atom. The summed E-state index contributed by atoms with van der Waals surface area (Å²) in [6.45, 7) is 3.72. The molecule has 1 fully saturated rings. The zero-order valence-corrected chi connectivity index (χ0v) is 15.5. The minimum absolute atomic E-state index is 0.205. The lowest BCUT2D eigenvalue weighted by Crippen LogP contribution is -2.40. The number of benzene rings is 2. The van der Waals surface area contributed by atoms with Crippen molar-refractivity contribution in [1.82, 2.24) is 4.31 Å². The van der Waals surface area contributed by atoms with Crippen LogP contribution >= 0.6 is 0 Å². The molecule has 0 aromatic heterocycles. The van der Waals surface area contributed by atoms with Crippen molar-refractivity contribution in [2.24, 2.45) is 0 Å². The number of aldehydes is 1. The van der Waals surface area contributed by atoms with Crippen LogP contribution in [0.5, 0.6) is 0 Å². The molecule has 136 valence electrons. The Kier molecular flexibility index (Phi) is 5.36. The van der Waals surface area contributed by atoms with Crippen LogP contribution in [0.4, 0.5) is 0 Å². The molecular weight excluding hydrogens is 350 g/mol. The second-order valence-corrected chi connectivity index (χ2v) is 8.11. The van der Waals surface area contributed by atoms with E-state index < -0.39 is 28.4 Å². The maximum absolute atomic E-state index is 13.2. The molecule has 3 rings (SSSR count). The molecule has 1 aliphatic heterocycles. The van der Waals surface area contributed by atoms with E-state index >= 15 is 0 Å². The van der Waals surface area contributed by atoms with E-state index in [0.29, 0.717) is 6.29 Å². The summed E-state index contributed by atoms with van der Waals surface area (Å²) in [6, 6.07) is 15.8. The van der Waals surface area contributed by atoms with E-state index in [-0.39, 0.29) is 4.90 Å². The van der Waals surface area contributed by atoms with Crippen LogP contribution in [0.1, 0.15) is 24.2 Å². The van der Waals surface area contributed by atoms with Crippen LogP contribution in [0.2, 0.25) is 0 Å². The van der Waals surface area contributed by atoms with Gasteiger partial charge >= 0.3 is 0 Å². The zero-order valence-electron chi connectivity index (χ0n) is 14.6. The summed E-state index contributed by atoms with van der Waals surface area (Å²) < 4.78 is 33.8. The third kappa shape index (κ3) is 3.49. The summed E-state index contributed by atoms with van der Waals surface area (Å²) in [5.41, 5.74) is 1.88. The van der Waals surface area contributed by atoms with E-state index in [9.17, 15) is 13.2 Å². The number of carbonyl (C=O) groups is 1. The average molecular weight is 371 g/mol. The third-order valence-electron chi connectivity index (χ3n) is 4.46. The standard InChI is InChI=1S/C20H21NO4S/c1-15-10-12-18(13-11-15)26(23,24)21-16(2)20(17-7-4-3-5-8-17)25-19(21)9-6-14-22/h3-14,16,19-20H,1-2H3/b9-6+/t16-,19-,20-/m1/s1. The molecule has 26 heavy (non-hydrogen) atoms. The lowest BCUT2D eigenvalue weighted by Gasteiger charge is -2.24. The fraction of sp³-hybridized carbons (Fsp3) is 0.250. The first-order valence-electron chi connectivity index (χ1n) is 8.37. The summed E-state index contributed by atoms with van der Waals surface area (Å²) in [5, 5.41) is 0. The summed E-state index contributed by atoms with van der Waals surface area (Å²) in [6.07, 6.45) is 2.09. The predicted octanol–water partition coefficient (Wildman–Crippen LogP) is 3.23. The van der Waals surface area contributed by atoms with Gasteiger partial charge in [-0.15, -0.1) is 0 Å². The number of nitrogens with zero attached hydrogens (tertiary/aromatic N) is 1. The molecule has 2 aromatic carbocycles. The topological polar surface area (TPSA) is 63.7 Å². The number of allylic oxidation sites excluding steroid dienone is 1. The molecule has 3 atom stereocenters. The van der Waals surface area contributed by atoms with Gasteiger partial charge in [-0.05, 0) is 43.7 Å². The molecule has 6 heteroatoms. The number of sulfonamides is 1. The Labute approximate surface area is 154 Å². The molecule has 1 saturated heterocycles. The lowest BCUT2D eigenvalue weighted by atomic mass is 10.0. The first-order valence-corrected chi connectivity index (χ1v) is 9.82. The summed E-state index contributed by atoms with van der Waals surface area (Å²) in [4.78, 5) is 11.0.